The Bertz CT molecular complexity index is 643. The molecule has 0 saturated heterocycles. The van der Waals surface area contributed by atoms with Crippen LogP contribution in [0.15, 0.2) is 33.5 Å². The third-order valence-corrected chi connectivity index (χ3v) is 2.28. The van der Waals surface area contributed by atoms with Crippen molar-refractivity contribution in [3.05, 3.63) is 40.2 Å². The number of aliphatic hydroxyl groups is 1. The number of hydrogen-bond acceptors (Lipinski definition) is 6. The van der Waals surface area contributed by atoms with Crippen molar-refractivity contribution in [1.82, 2.24) is 0 Å². The minimum absolute atomic E-state index is 0.104. The van der Waals surface area contributed by atoms with Crippen LogP contribution in [0.4, 0.5) is 0 Å². The van der Waals surface area contributed by atoms with Crippen LogP contribution in [0.2, 0.25) is 0 Å². The molecule has 0 spiro atoms. The number of benzene rings is 1. The molecule has 2 rings (SSSR count). The molecule has 0 aliphatic rings. The molecule has 1 heterocycles. The highest BCUT2D eigenvalue weighted by Gasteiger charge is 2.11. The monoisotopic (exact) mass is 250 g/mol. The Hall–Kier alpha value is -2.34. The zero-order valence-corrected chi connectivity index (χ0v) is 9.25. The van der Waals surface area contributed by atoms with Crippen molar-refractivity contribution in [2.45, 2.75) is 0 Å². The highest BCUT2D eigenvalue weighted by Crippen LogP contribution is 2.23. The van der Waals surface area contributed by atoms with E-state index in [2.05, 4.69) is 0 Å². The lowest BCUT2D eigenvalue weighted by atomic mass is 10.1. The summed E-state index contributed by atoms with van der Waals surface area (Å²) < 4.78 is 9.58. The van der Waals surface area contributed by atoms with E-state index in [9.17, 15) is 14.7 Å². The van der Waals surface area contributed by atoms with Gasteiger partial charge in [-0.2, -0.15) is 0 Å². The van der Waals surface area contributed by atoms with Crippen LogP contribution >= 0.6 is 0 Å². The summed E-state index contributed by atoms with van der Waals surface area (Å²) in [5.41, 5.74) is -0.297. The van der Waals surface area contributed by atoms with Gasteiger partial charge in [0.25, 0.3) is 0 Å². The van der Waals surface area contributed by atoms with Crippen LogP contribution in [0.5, 0.6) is 5.75 Å². The van der Waals surface area contributed by atoms with E-state index < -0.39 is 11.6 Å². The molecule has 1 aromatic carbocycles. The second-order valence-corrected chi connectivity index (χ2v) is 3.52. The van der Waals surface area contributed by atoms with Crippen LogP contribution in [0.25, 0.3) is 11.0 Å². The summed E-state index contributed by atoms with van der Waals surface area (Å²) in [6.07, 6.45) is 0. The third kappa shape index (κ3) is 2.33. The van der Waals surface area contributed by atoms with Crippen molar-refractivity contribution in [3.8, 4) is 5.75 Å². The van der Waals surface area contributed by atoms with Gasteiger partial charge in [0, 0.05) is 0 Å². The van der Waals surface area contributed by atoms with Crippen LogP contribution < -0.4 is 5.63 Å². The maximum atomic E-state index is 11.5. The fourth-order valence-electron chi connectivity index (χ4n) is 1.50. The van der Waals surface area contributed by atoms with E-state index in [0.29, 0.717) is 0 Å². The smallest absolute Gasteiger partial charge is 0.339 e. The highest BCUT2D eigenvalue weighted by molar-refractivity contribution is 5.95. The van der Waals surface area contributed by atoms with Gasteiger partial charge in [0.1, 0.15) is 17.9 Å². The zero-order valence-electron chi connectivity index (χ0n) is 9.25. The molecule has 2 N–H and O–H groups in total. The molecule has 6 heteroatoms. The fraction of sp³-hybridized carbons (Fsp3) is 0.167. The minimum atomic E-state index is -0.671. The van der Waals surface area contributed by atoms with Gasteiger partial charge in [0.15, 0.2) is 0 Å². The molecule has 18 heavy (non-hydrogen) atoms. The van der Waals surface area contributed by atoms with Crippen LogP contribution in [-0.4, -0.2) is 29.4 Å². The molecule has 0 saturated carbocycles. The highest BCUT2D eigenvalue weighted by atomic mass is 16.5. The first kappa shape index (κ1) is 12.1. The molecule has 0 amide bonds. The number of hydrogen-bond donors (Lipinski definition) is 2. The maximum Gasteiger partial charge on any atom is 0.339 e. The van der Waals surface area contributed by atoms with Gasteiger partial charge in [-0.15, -0.1) is 0 Å². The average Bonchev–Trinajstić information content (AvgIpc) is 2.35. The topological polar surface area (TPSA) is 97.0 Å². The van der Waals surface area contributed by atoms with Gasteiger partial charge in [0.05, 0.1) is 23.6 Å². The minimum Gasteiger partial charge on any atom is -0.507 e. The van der Waals surface area contributed by atoms with Gasteiger partial charge in [-0.25, -0.2) is 9.59 Å². The summed E-state index contributed by atoms with van der Waals surface area (Å²) in [6, 6.07) is 5.08. The van der Waals surface area contributed by atoms with Gasteiger partial charge in [0.2, 0.25) is 0 Å². The lowest BCUT2D eigenvalue weighted by Crippen LogP contribution is -2.08. The standard InChI is InChI=1S/C12H10O6/c13-3-4-17-12(16)7-1-2-10-8(5-7)9(14)6-11(15)18-10/h1-2,5-6,13-14H,3-4H2. The number of rotatable bonds is 3. The van der Waals surface area contributed by atoms with Gasteiger partial charge < -0.3 is 19.4 Å². The number of carbonyl (C=O) groups is 1. The third-order valence-electron chi connectivity index (χ3n) is 2.28. The van der Waals surface area contributed by atoms with Crippen molar-refractivity contribution in [2.75, 3.05) is 13.2 Å². The number of fused-ring (bicyclic) bond motifs is 1. The summed E-state index contributed by atoms with van der Waals surface area (Å²) in [7, 11) is 0. The van der Waals surface area contributed by atoms with E-state index in [-0.39, 0.29) is 35.5 Å². The number of aromatic hydroxyl groups is 1. The van der Waals surface area contributed by atoms with Gasteiger partial charge in [-0.3, -0.25) is 0 Å². The number of ether oxygens (including phenoxy) is 1. The molecule has 0 radical (unpaired) electrons. The van der Waals surface area contributed by atoms with E-state index >= 15 is 0 Å². The molecule has 1 aromatic heterocycles. The summed E-state index contributed by atoms with van der Waals surface area (Å²) in [5, 5.41) is 18.4. The normalized spacial score (nSPS) is 10.5. The molecule has 0 aliphatic carbocycles. The Morgan fingerprint density at radius 3 is 2.83 bits per heavy atom. The zero-order chi connectivity index (χ0) is 13.1. The van der Waals surface area contributed by atoms with E-state index in [0.717, 1.165) is 6.07 Å². The Morgan fingerprint density at radius 1 is 1.33 bits per heavy atom. The second kappa shape index (κ2) is 4.89. The lowest BCUT2D eigenvalue weighted by molar-refractivity contribution is 0.0434. The van der Waals surface area contributed by atoms with E-state index in [1.165, 1.54) is 18.2 Å². The second-order valence-electron chi connectivity index (χ2n) is 3.52. The first-order chi connectivity index (χ1) is 8.61. The quantitative estimate of drug-likeness (QED) is 0.613. The van der Waals surface area contributed by atoms with Crippen molar-refractivity contribution in [1.29, 1.82) is 0 Å². The van der Waals surface area contributed by atoms with Gasteiger partial charge in [-0.1, -0.05) is 0 Å². The number of carbonyl (C=O) groups excluding carboxylic acids is 1. The van der Waals surface area contributed by atoms with Crippen molar-refractivity contribution in [3.63, 3.8) is 0 Å². The first-order valence-electron chi connectivity index (χ1n) is 5.16. The fourth-order valence-corrected chi connectivity index (χ4v) is 1.50. The summed E-state index contributed by atoms with van der Waals surface area (Å²) >= 11 is 0. The summed E-state index contributed by atoms with van der Waals surface area (Å²) in [6.45, 7) is -0.369. The van der Waals surface area contributed by atoms with Gasteiger partial charge in [-0.05, 0) is 18.2 Å². The number of aliphatic hydroxyl groups excluding tert-OH is 1. The van der Waals surface area contributed by atoms with Crippen molar-refractivity contribution in [2.24, 2.45) is 0 Å². The van der Waals surface area contributed by atoms with Gasteiger partial charge >= 0.3 is 11.6 Å². The molecule has 0 fully saturated rings. The molecule has 0 unspecified atom stereocenters. The maximum absolute atomic E-state index is 11.5. The van der Waals surface area contributed by atoms with Crippen LogP contribution in [-0.2, 0) is 4.74 Å². The molecule has 6 nitrogen and oxygen atoms in total. The van der Waals surface area contributed by atoms with E-state index in [1.54, 1.807) is 0 Å². The SMILES string of the molecule is O=C(OCCO)c1ccc2oc(=O)cc(O)c2c1. The molecule has 2 aromatic rings. The van der Waals surface area contributed by atoms with Crippen LogP contribution in [0.1, 0.15) is 10.4 Å². The Labute approximate surface area is 101 Å². The Kier molecular flexibility index (Phi) is 3.29. The predicted octanol–water partition coefficient (Wildman–Crippen LogP) is 0.648. The summed E-state index contributed by atoms with van der Waals surface area (Å²) in [4.78, 5) is 22.5. The summed E-state index contributed by atoms with van der Waals surface area (Å²) in [5.74, 6) is -0.894. The van der Waals surface area contributed by atoms with E-state index in [4.69, 9.17) is 14.3 Å². The number of esters is 1. The van der Waals surface area contributed by atoms with Crippen molar-refractivity contribution < 1.29 is 24.2 Å². The average molecular weight is 250 g/mol. The molecule has 94 valence electrons. The van der Waals surface area contributed by atoms with Crippen LogP contribution in [0.3, 0.4) is 0 Å². The molecular weight excluding hydrogens is 240 g/mol. The van der Waals surface area contributed by atoms with Crippen molar-refractivity contribution >= 4 is 16.9 Å². The molecule has 0 aliphatic heterocycles. The predicted molar refractivity (Wildman–Crippen MR) is 61.5 cm³/mol. The molecule has 0 bridgehead atoms. The molecular formula is C12H10O6. The van der Waals surface area contributed by atoms with Crippen LogP contribution in [0, 0.1) is 0 Å². The Morgan fingerprint density at radius 2 is 2.11 bits per heavy atom. The van der Waals surface area contributed by atoms with E-state index in [1.807, 2.05) is 0 Å². The molecule has 0 atom stereocenters. The largest absolute Gasteiger partial charge is 0.507 e. The Balaban J connectivity index is 2.44. The first-order valence-corrected chi connectivity index (χ1v) is 5.16. The lowest BCUT2D eigenvalue weighted by Gasteiger charge is -2.04.